The first-order valence-corrected chi connectivity index (χ1v) is 9.38. The fourth-order valence-corrected chi connectivity index (χ4v) is 3.71. The molecule has 0 aliphatic rings. The van der Waals surface area contributed by atoms with Crippen molar-refractivity contribution in [1.29, 1.82) is 0 Å². The highest BCUT2D eigenvalue weighted by Gasteiger charge is 2.24. The summed E-state index contributed by atoms with van der Waals surface area (Å²) in [6.07, 6.45) is 10.8. The molecule has 3 aromatic heterocycles. The van der Waals surface area contributed by atoms with Crippen LogP contribution in [0.4, 0.5) is 0 Å². The average Bonchev–Trinajstić information content (AvgIpc) is 3.34. The minimum Gasteiger partial charge on any atom is -0.497 e. The van der Waals surface area contributed by atoms with Gasteiger partial charge in [0.15, 0.2) is 0 Å². The molecule has 0 fully saturated rings. The molecule has 28 heavy (non-hydrogen) atoms. The number of aryl methyl sites for hydroxylation is 1. The Balaban J connectivity index is 1.70. The molecule has 1 aromatic carbocycles. The molecule has 6 heteroatoms. The van der Waals surface area contributed by atoms with E-state index in [1.165, 1.54) is 22.1 Å². The minimum atomic E-state index is 0.0939. The summed E-state index contributed by atoms with van der Waals surface area (Å²) in [6.45, 7) is 0.917. The van der Waals surface area contributed by atoms with Crippen LogP contribution in [0, 0.1) is 0 Å². The number of rotatable bonds is 7. The first kappa shape index (κ1) is 18.3. The number of fused-ring (bicyclic) bond motifs is 1. The van der Waals surface area contributed by atoms with Crippen molar-refractivity contribution in [2.24, 2.45) is 7.05 Å². The van der Waals surface area contributed by atoms with E-state index in [0.717, 1.165) is 24.2 Å². The van der Waals surface area contributed by atoms with Crippen LogP contribution >= 0.6 is 0 Å². The summed E-state index contributed by atoms with van der Waals surface area (Å²) < 4.78 is 7.31. The van der Waals surface area contributed by atoms with Crippen LogP contribution in [0.25, 0.3) is 10.9 Å². The normalized spacial score (nSPS) is 12.6. The van der Waals surface area contributed by atoms with Crippen molar-refractivity contribution in [3.8, 4) is 5.75 Å². The van der Waals surface area contributed by atoms with Gasteiger partial charge in [0.05, 0.1) is 19.3 Å². The van der Waals surface area contributed by atoms with Crippen molar-refractivity contribution in [3.05, 3.63) is 78.0 Å². The number of pyridine rings is 1. The number of methoxy groups -OCH3 is 1. The van der Waals surface area contributed by atoms with Gasteiger partial charge in [0.25, 0.3) is 0 Å². The van der Waals surface area contributed by atoms with Crippen LogP contribution in [0.5, 0.6) is 5.75 Å². The van der Waals surface area contributed by atoms with Gasteiger partial charge in [-0.3, -0.25) is 14.6 Å². The molecule has 1 N–H and O–H groups in total. The van der Waals surface area contributed by atoms with Gasteiger partial charge in [-0.2, -0.15) is 5.10 Å². The summed E-state index contributed by atoms with van der Waals surface area (Å²) in [7, 11) is 5.82. The van der Waals surface area contributed by atoms with Gasteiger partial charge in [-0.1, -0.05) is 0 Å². The second-order valence-electron chi connectivity index (χ2n) is 7.09. The van der Waals surface area contributed by atoms with Gasteiger partial charge in [0, 0.05) is 54.8 Å². The molecule has 0 spiro atoms. The smallest absolute Gasteiger partial charge is 0.119 e. The Bertz CT molecular complexity index is 1050. The molecule has 0 amide bonds. The molecular formula is C22H25N5O. The summed E-state index contributed by atoms with van der Waals surface area (Å²) in [5, 5.41) is 5.58. The molecule has 4 aromatic rings. The van der Waals surface area contributed by atoms with Crippen LogP contribution in [0.3, 0.4) is 0 Å². The third-order valence-corrected chi connectivity index (χ3v) is 5.20. The molecule has 3 heterocycles. The van der Waals surface area contributed by atoms with E-state index in [9.17, 15) is 0 Å². The fourth-order valence-electron chi connectivity index (χ4n) is 3.71. The minimum absolute atomic E-state index is 0.0939. The summed E-state index contributed by atoms with van der Waals surface area (Å²) in [5.74, 6) is 0.859. The fraction of sp³-hybridized carbons (Fsp3) is 0.273. The molecule has 144 valence electrons. The van der Waals surface area contributed by atoms with Crippen LogP contribution in [0.1, 0.15) is 22.7 Å². The van der Waals surface area contributed by atoms with Gasteiger partial charge in [-0.25, -0.2) is 0 Å². The zero-order valence-corrected chi connectivity index (χ0v) is 16.5. The quantitative estimate of drug-likeness (QED) is 0.536. The summed E-state index contributed by atoms with van der Waals surface area (Å²) in [4.78, 5) is 9.89. The van der Waals surface area contributed by atoms with Crippen LogP contribution in [0.2, 0.25) is 0 Å². The highest BCUT2D eigenvalue weighted by atomic mass is 16.5. The Morgan fingerprint density at radius 1 is 1.21 bits per heavy atom. The molecule has 0 aliphatic heterocycles. The zero-order valence-electron chi connectivity index (χ0n) is 16.5. The van der Waals surface area contributed by atoms with E-state index < -0.39 is 0 Å². The molecule has 0 saturated heterocycles. The Morgan fingerprint density at radius 2 is 2.04 bits per heavy atom. The van der Waals surface area contributed by atoms with E-state index >= 15 is 0 Å². The van der Waals surface area contributed by atoms with Crippen molar-refractivity contribution in [1.82, 2.24) is 24.6 Å². The van der Waals surface area contributed by atoms with E-state index in [1.54, 1.807) is 7.11 Å². The lowest BCUT2D eigenvalue weighted by Crippen LogP contribution is -2.27. The summed E-state index contributed by atoms with van der Waals surface area (Å²) in [5.41, 5.74) is 4.78. The number of benzene rings is 1. The number of aromatic nitrogens is 4. The lowest BCUT2D eigenvalue weighted by Gasteiger charge is -2.27. The largest absolute Gasteiger partial charge is 0.497 e. The van der Waals surface area contributed by atoms with E-state index in [0.29, 0.717) is 0 Å². The maximum atomic E-state index is 5.45. The zero-order chi connectivity index (χ0) is 19.5. The molecule has 1 atom stereocenters. The first-order chi connectivity index (χ1) is 13.7. The number of H-pyrrole nitrogens is 1. The Morgan fingerprint density at radius 3 is 2.75 bits per heavy atom. The predicted octanol–water partition coefficient (Wildman–Crippen LogP) is 3.57. The third kappa shape index (κ3) is 3.64. The average molecular weight is 375 g/mol. The Hall–Kier alpha value is -3.12. The molecule has 0 aliphatic carbocycles. The van der Waals surface area contributed by atoms with E-state index in [-0.39, 0.29) is 6.04 Å². The molecule has 0 bridgehead atoms. The number of aromatic amines is 1. The summed E-state index contributed by atoms with van der Waals surface area (Å²) in [6, 6.07) is 10.4. The second kappa shape index (κ2) is 7.86. The van der Waals surface area contributed by atoms with Gasteiger partial charge in [0.1, 0.15) is 5.75 Å². The number of hydrogen-bond donors (Lipinski definition) is 1. The molecule has 6 nitrogen and oxygen atoms in total. The standard InChI is InChI=1S/C22H25N5O/c1-26(11-8-16-6-9-23-10-7-16)22(17-13-25-27(2)15-17)20-14-24-21-5-4-18(28-3)12-19(20)21/h4-7,9-10,12-15,22,24H,8,11H2,1-3H3. The SMILES string of the molecule is COc1ccc2[nH]cc(C(c3cnn(C)c3)N(C)CCc3ccncc3)c2c1. The van der Waals surface area contributed by atoms with E-state index in [2.05, 4.69) is 63.7 Å². The van der Waals surface area contributed by atoms with Crippen molar-refractivity contribution in [3.63, 3.8) is 0 Å². The number of nitrogens with zero attached hydrogens (tertiary/aromatic N) is 4. The number of hydrogen-bond acceptors (Lipinski definition) is 4. The van der Waals surface area contributed by atoms with Crippen molar-refractivity contribution < 1.29 is 4.74 Å². The van der Waals surface area contributed by atoms with Gasteiger partial charge in [0.2, 0.25) is 0 Å². The lowest BCUT2D eigenvalue weighted by atomic mass is 9.99. The topological polar surface area (TPSA) is 59.0 Å². The number of ether oxygens (including phenoxy) is 1. The van der Waals surface area contributed by atoms with Gasteiger partial charge in [-0.05, 0) is 54.9 Å². The van der Waals surface area contributed by atoms with Gasteiger partial charge < -0.3 is 9.72 Å². The van der Waals surface area contributed by atoms with Crippen LogP contribution in [-0.4, -0.2) is 45.4 Å². The van der Waals surface area contributed by atoms with Crippen molar-refractivity contribution >= 4 is 10.9 Å². The van der Waals surface area contributed by atoms with E-state index in [1.807, 2.05) is 36.4 Å². The van der Waals surface area contributed by atoms with Crippen molar-refractivity contribution in [2.45, 2.75) is 12.5 Å². The first-order valence-electron chi connectivity index (χ1n) is 9.38. The highest BCUT2D eigenvalue weighted by Crippen LogP contribution is 2.34. The Labute approximate surface area is 164 Å². The van der Waals surface area contributed by atoms with Crippen LogP contribution < -0.4 is 4.74 Å². The van der Waals surface area contributed by atoms with Gasteiger partial charge >= 0.3 is 0 Å². The summed E-state index contributed by atoms with van der Waals surface area (Å²) >= 11 is 0. The van der Waals surface area contributed by atoms with Gasteiger partial charge in [-0.15, -0.1) is 0 Å². The maximum Gasteiger partial charge on any atom is 0.119 e. The van der Waals surface area contributed by atoms with Crippen molar-refractivity contribution in [2.75, 3.05) is 20.7 Å². The maximum absolute atomic E-state index is 5.45. The third-order valence-electron chi connectivity index (χ3n) is 5.20. The molecule has 0 saturated carbocycles. The second-order valence-corrected chi connectivity index (χ2v) is 7.09. The predicted molar refractivity (Wildman–Crippen MR) is 110 cm³/mol. The van der Waals surface area contributed by atoms with Crippen LogP contribution in [-0.2, 0) is 13.5 Å². The van der Waals surface area contributed by atoms with Crippen LogP contribution in [0.15, 0.2) is 61.3 Å². The van der Waals surface area contributed by atoms with E-state index in [4.69, 9.17) is 4.74 Å². The number of nitrogens with one attached hydrogen (secondary N) is 1. The highest BCUT2D eigenvalue weighted by molar-refractivity contribution is 5.85. The molecule has 1 unspecified atom stereocenters. The molecular weight excluding hydrogens is 350 g/mol. The molecule has 4 rings (SSSR count). The lowest BCUT2D eigenvalue weighted by molar-refractivity contribution is 0.283. The Kier molecular flexibility index (Phi) is 5.12. The molecule has 0 radical (unpaired) electrons. The monoisotopic (exact) mass is 375 g/mol. The number of likely N-dealkylation sites (N-methyl/N-ethyl adjacent to an activating group) is 1.